The molecule has 0 N–H and O–H groups in total. The Kier molecular flexibility index (Phi) is 50.8. The zero-order valence-corrected chi connectivity index (χ0v) is 42.4. The Morgan fingerprint density at radius 1 is 0.317 bits per heavy atom. The van der Waals surface area contributed by atoms with Crippen molar-refractivity contribution in [2.45, 2.75) is 309 Å². The Morgan fingerprint density at radius 2 is 0.571 bits per heavy atom. The van der Waals surface area contributed by atoms with Crippen LogP contribution in [-0.4, -0.2) is 37.2 Å². The molecule has 6 nitrogen and oxygen atoms in total. The molecule has 0 saturated heterocycles. The van der Waals surface area contributed by atoms with Gasteiger partial charge in [0, 0.05) is 19.3 Å². The number of carbonyl (C=O) groups is 3. The predicted molar refractivity (Wildman–Crippen MR) is 270 cm³/mol. The first-order chi connectivity index (χ1) is 31.0. The molecule has 0 aromatic heterocycles. The number of unbranched alkanes of at least 4 members (excludes halogenated alkanes) is 36. The third kappa shape index (κ3) is 50.7. The van der Waals surface area contributed by atoms with Gasteiger partial charge in [-0.1, -0.05) is 257 Å². The summed E-state index contributed by atoms with van der Waals surface area (Å²) in [5, 5.41) is 0. The van der Waals surface area contributed by atoms with Crippen LogP contribution in [0.4, 0.5) is 0 Å². The average Bonchev–Trinajstić information content (AvgIpc) is 3.28. The summed E-state index contributed by atoms with van der Waals surface area (Å²) in [5.74, 6) is -0.865. The van der Waals surface area contributed by atoms with E-state index < -0.39 is 6.10 Å². The van der Waals surface area contributed by atoms with Gasteiger partial charge in [0.05, 0.1) is 0 Å². The molecule has 0 aliphatic carbocycles. The van der Waals surface area contributed by atoms with Crippen molar-refractivity contribution in [3.63, 3.8) is 0 Å². The molecule has 0 radical (unpaired) electrons. The summed E-state index contributed by atoms with van der Waals surface area (Å²) in [6.45, 7) is 6.65. The van der Waals surface area contributed by atoms with Crippen LogP contribution >= 0.6 is 0 Å². The van der Waals surface area contributed by atoms with E-state index in [1.807, 2.05) is 0 Å². The van der Waals surface area contributed by atoms with E-state index in [2.05, 4.69) is 45.1 Å². The van der Waals surface area contributed by atoms with E-state index in [4.69, 9.17) is 14.2 Å². The van der Waals surface area contributed by atoms with Crippen LogP contribution in [0.25, 0.3) is 0 Å². The third-order valence-corrected chi connectivity index (χ3v) is 12.5. The van der Waals surface area contributed by atoms with Crippen molar-refractivity contribution in [3.8, 4) is 0 Å². The van der Waals surface area contributed by atoms with Gasteiger partial charge in [-0.15, -0.1) is 0 Å². The van der Waals surface area contributed by atoms with Crippen molar-refractivity contribution in [1.29, 1.82) is 0 Å². The lowest BCUT2D eigenvalue weighted by Crippen LogP contribution is -2.30. The highest BCUT2D eigenvalue weighted by Gasteiger charge is 2.19. The second-order valence-corrected chi connectivity index (χ2v) is 18.9. The molecule has 63 heavy (non-hydrogen) atoms. The van der Waals surface area contributed by atoms with Crippen LogP contribution in [0.2, 0.25) is 0 Å². The van der Waals surface area contributed by atoms with E-state index in [1.165, 1.54) is 186 Å². The maximum absolute atomic E-state index is 12.8. The lowest BCUT2D eigenvalue weighted by atomic mass is 10.0. The molecule has 0 aromatic carbocycles. The van der Waals surface area contributed by atoms with Gasteiger partial charge in [0.15, 0.2) is 6.10 Å². The van der Waals surface area contributed by atoms with Crippen molar-refractivity contribution in [3.05, 3.63) is 24.3 Å². The molecule has 6 heteroatoms. The van der Waals surface area contributed by atoms with Crippen LogP contribution < -0.4 is 0 Å². The van der Waals surface area contributed by atoms with Crippen LogP contribution in [0.1, 0.15) is 303 Å². The Morgan fingerprint density at radius 3 is 0.905 bits per heavy atom. The van der Waals surface area contributed by atoms with Crippen LogP contribution in [-0.2, 0) is 28.6 Å². The van der Waals surface area contributed by atoms with Crippen molar-refractivity contribution in [2.24, 2.45) is 0 Å². The lowest BCUT2D eigenvalue weighted by Gasteiger charge is -2.18. The van der Waals surface area contributed by atoms with Crippen molar-refractivity contribution >= 4 is 17.9 Å². The summed E-state index contributed by atoms with van der Waals surface area (Å²) >= 11 is 0. The fourth-order valence-electron chi connectivity index (χ4n) is 8.24. The summed E-state index contributed by atoms with van der Waals surface area (Å²) in [7, 11) is 0. The van der Waals surface area contributed by atoms with Gasteiger partial charge < -0.3 is 14.2 Å². The Balaban J connectivity index is 4.35. The van der Waals surface area contributed by atoms with E-state index in [-0.39, 0.29) is 31.1 Å². The topological polar surface area (TPSA) is 78.9 Å². The maximum Gasteiger partial charge on any atom is 0.306 e. The highest BCUT2D eigenvalue weighted by Crippen LogP contribution is 2.17. The minimum absolute atomic E-state index is 0.0703. The largest absolute Gasteiger partial charge is 0.462 e. The number of hydrogen-bond acceptors (Lipinski definition) is 6. The van der Waals surface area contributed by atoms with Gasteiger partial charge in [-0.2, -0.15) is 0 Å². The lowest BCUT2D eigenvalue weighted by molar-refractivity contribution is -0.167. The second-order valence-electron chi connectivity index (χ2n) is 18.9. The summed E-state index contributed by atoms with van der Waals surface area (Å²) in [6, 6.07) is 0. The Labute approximate surface area is 392 Å². The van der Waals surface area contributed by atoms with Crippen LogP contribution in [0.15, 0.2) is 24.3 Å². The minimum atomic E-state index is -0.771. The van der Waals surface area contributed by atoms with E-state index in [9.17, 15) is 14.4 Å². The van der Waals surface area contributed by atoms with Gasteiger partial charge in [0.1, 0.15) is 13.2 Å². The SMILES string of the molecule is CCCCCC=CCC=CCCCCCCCC(=O)OCC(COC(=O)CCCCCCCCCCCCCCCCC)OC(=O)CCCCCCCCCCCCCCCCC. The molecule has 1 unspecified atom stereocenters. The zero-order valence-electron chi connectivity index (χ0n) is 42.4. The fraction of sp³-hybridized carbons (Fsp3) is 0.877. The monoisotopic (exact) mass is 887 g/mol. The van der Waals surface area contributed by atoms with E-state index in [1.54, 1.807) is 0 Å². The van der Waals surface area contributed by atoms with Gasteiger partial charge in [-0.05, 0) is 51.4 Å². The Hall–Kier alpha value is -2.11. The van der Waals surface area contributed by atoms with Gasteiger partial charge in [0.25, 0.3) is 0 Å². The first kappa shape index (κ1) is 60.9. The molecule has 0 spiro atoms. The standard InChI is InChI=1S/C57H106O6/c1-4-7-10-13-16-19-22-25-28-31-34-37-40-43-46-49-55(58)61-52-54(63-57(60)51-48-45-42-39-36-33-30-27-24-21-18-15-12-9-6-3)53-62-56(59)50-47-44-41-38-35-32-29-26-23-20-17-14-11-8-5-2/h16,19,25,28,54H,4-15,17-18,20-24,26-27,29-53H2,1-3H3. The molecule has 0 rings (SSSR count). The predicted octanol–water partition coefficient (Wildman–Crippen LogP) is 18.3. The molecule has 0 bridgehead atoms. The molecule has 0 aromatic rings. The average molecular weight is 887 g/mol. The molecular weight excluding hydrogens is 781 g/mol. The van der Waals surface area contributed by atoms with Crippen LogP contribution in [0.3, 0.4) is 0 Å². The summed E-state index contributed by atoms with van der Waals surface area (Å²) < 4.78 is 16.8. The van der Waals surface area contributed by atoms with Crippen LogP contribution in [0.5, 0.6) is 0 Å². The third-order valence-electron chi connectivity index (χ3n) is 12.5. The molecule has 0 aliphatic rings. The van der Waals surface area contributed by atoms with E-state index in [0.717, 1.165) is 77.0 Å². The number of esters is 3. The summed E-state index contributed by atoms with van der Waals surface area (Å²) in [4.78, 5) is 38.1. The summed E-state index contributed by atoms with van der Waals surface area (Å²) in [5.41, 5.74) is 0. The van der Waals surface area contributed by atoms with Crippen molar-refractivity contribution in [2.75, 3.05) is 13.2 Å². The molecular formula is C57H106O6. The second kappa shape index (κ2) is 52.5. The number of carbonyl (C=O) groups excluding carboxylic acids is 3. The maximum atomic E-state index is 12.8. The molecule has 0 fully saturated rings. The van der Waals surface area contributed by atoms with Gasteiger partial charge >= 0.3 is 17.9 Å². The first-order valence-electron chi connectivity index (χ1n) is 27.8. The quantitative estimate of drug-likeness (QED) is 0.0262. The van der Waals surface area contributed by atoms with E-state index in [0.29, 0.717) is 19.3 Å². The highest BCUT2D eigenvalue weighted by atomic mass is 16.6. The molecule has 370 valence electrons. The molecule has 0 heterocycles. The molecule has 1 atom stereocenters. The molecule has 0 aliphatic heterocycles. The number of hydrogen-bond donors (Lipinski definition) is 0. The number of allylic oxidation sites excluding steroid dienone is 4. The summed E-state index contributed by atoms with van der Waals surface area (Å²) in [6.07, 6.45) is 60.1. The minimum Gasteiger partial charge on any atom is -0.462 e. The molecule has 0 amide bonds. The van der Waals surface area contributed by atoms with Crippen molar-refractivity contribution in [1.82, 2.24) is 0 Å². The highest BCUT2D eigenvalue weighted by molar-refractivity contribution is 5.71. The smallest absolute Gasteiger partial charge is 0.306 e. The fourth-order valence-corrected chi connectivity index (χ4v) is 8.24. The molecule has 0 saturated carbocycles. The van der Waals surface area contributed by atoms with Gasteiger partial charge in [-0.3, -0.25) is 14.4 Å². The Bertz CT molecular complexity index is 1020. The number of ether oxygens (including phenoxy) is 3. The van der Waals surface area contributed by atoms with E-state index >= 15 is 0 Å². The first-order valence-corrected chi connectivity index (χ1v) is 27.8. The van der Waals surface area contributed by atoms with Gasteiger partial charge in [0.2, 0.25) is 0 Å². The van der Waals surface area contributed by atoms with Crippen molar-refractivity contribution < 1.29 is 28.6 Å². The van der Waals surface area contributed by atoms with Crippen LogP contribution in [0, 0.1) is 0 Å². The van der Waals surface area contributed by atoms with Gasteiger partial charge in [-0.25, -0.2) is 0 Å². The normalized spacial score (nSPS) is 12.1. The zero-order chi connectivity index (χ0) is 45.8. The number of rotatable bonds is 51.